The number of hydrogen-bond donors (Lipinski definition) is 1. The van der Waals surface area contributed by atoms with Crippen LogP contribution in [-0.2, 0) is 0 Å². The fourth-order valence-corrected chi connectivity index (χ4v) is 1.97. The van der Waals surface area contributed by atoms with Crippen molar-refractivity contribution in [3.05, 3.63) is 0 Å². The van der Waals surface area contributed by atoms with Gasteiger partial charge in [0.25, 0.3) is 0 Å². The molecule has 5 heteroatoms. The van der Waals surface area contributed by atoms with Crippen molar-refractivity contribution in [3.63, 3.8) is 0 Å². The van der Waals surface area contributed by atoms with Gasteiger partial charge in [-0.05, 0) is 44.8 Å². The summed E-state index contributed by atoms with van der Waals surface area (Å²) in [5.74, 6) is 0.501. The van der Waals surface area contributed by atoms with Crippen LogP contribution in [0.3, 0.4) is 0 Å². The summed E-state index contributed by atoms with van der Waals surface area (Å²) in [6.45, 7) is 2.35. The summed E-state index contributed by atoms with van der Waals surface area (Å²) in [4.78, 5) is 1.91. The average molecular weight is 224 g/mol. The van der Waals surface area contributed by atoms with Gasteiger partial charge in [0.05, 0.1) is 6.42 Å². The van der Waals surface area contributed by atoms with Crippen molar-refractivity contribution in [1.29, 1.82) is 0 Å². The molecule has 1 saturated heterocycles. The number of rotatable bonds is 3. The number of halogens is 3. The van der Waals surface area contributed by atoms with E-state index in [-0.39, 0.29) is 6.54 Å². The van der Waals surface area contributed by atoms with Crippen LogP contribution >= 0.6 is 0 Å². The lowest BCUT2D eigenvalue weighted by atomic mass is 10.0. The predicted molar refractivity (Wildman–Crippen MR) is 53.5 cm³/mol. The van der Waals surface area contributed by atoms with Gasteiger partial charge in [-0.15, -0.1) is 0 Å². The van der Waals surface area contributed by atoms with Crippen LogP contribution < -0.4 is 5.73 Å². The fourth-order valence-electron chi connectivity index (χ4n) is 1.97. The third kappa shape index (κ3) is 5.37. The van der Waals surface area contributed by atoms with E-state index in [0.717, 1.165) is 32.4 Å². The lowest BCUT2D eigenvalue weighted by Crippen LogP contribution is -2.29. The first-order valence-electron chi connectivity index (χ1n) is 5.50. The highest BCUT2D eigenvalue weighted by atomic mass is 19.4. The van der Waals surface area contributed by atoms with Crippen molar-refractivity contribution in [2.24, 2.45) is 11.7 Å². The highest BCUT2D eigenvalue weighted by Gasteiger charge is 2.28. The number of alkyl halides is 3. The molecule has 1 aliphatic heterocycles. The average Bonchev–Trinajstić information content (AvgIpc) is 2.38. The van der Waals surface area contributed by atoms with Crippen molar-refractivity contribution in [2.45, 2.75) is 31.9 Å². The Morgan fingerprint density at radius 3 is 2.53 bits per heavy atom. The molecule has 15 heavy (non-hydrogen) atoms. The number of nitrogens with zero attached hydrogens (tertiary/aromatic N) is 1. The molecule has 1 rings (SSSR count). The first-order valence-corrected chi connectivity index (χ1v) is 5.50. The van der Waals surface area contributed by atoms with Crippen LogP contribution in [-0.4, -0.2) is 37.3 Å². The predicted octanol–water partition coefficient (Wildman–Crippen LogP) is 2.00. The lowest BCUT2D eigenvalue weighted by Gasteiger charge is -2.20. The molecule has 1 atom stereocenters. The van der Waals surface area contributed by atoms with Crippen LogP contribution in [0.25, 0.3) is 0 Å². The van der Waals surface area contributed by atoms with E-state index in [1.54, 1.807) is 0 Å². The second kappa shape index (κ2) is 5.70. The minimum atomic E-state index is -4.03. The van der Waals surface area contributed by atoms with Gasteiger partial charge in [0.1, 0.15) is 0 Å². The third-order valence-corrected chi connectivity index (χ3v) is 2.99. The molecule has 0 radical (unpaired) electrons. The van der Waals surface area contributed by atoms with E-state index in [4.69, 9.17) is 5.73 Å². The summed E-state index contributed by atoms with van der Waals surface area (Å²) >= 11 is 0. The van der Waals surface area contributed by atoms with Crippen LogP contribution in [0.2, 0.25) is 0 Å². The Morgan fingerprint density at radius 2 is 1.93 bits per heavy atom. The van der Waals surface area contributed by atoms with Crippen molar-refractivity contribution in [3.8, 4) is 0 Å². The Labute approximate surface area is 88.6 Å². The number of hydrogen-bond acceptors (Lipinski definition) is 2. The smallest absolute Gasteiger partial charge is 0.330 e. The molecule has 0 saturated carbocycles. The number of likely N-dealkylation sites (tertiary alicyclic amines) is 1. The SMILES string of the molecule is NCC1CCCN(CCC(F)(F)F)CC1. The molecule has 0 spiro atoms. The largest absolute Gasteiger partial charge is 0.390 e. The Bertz CT molecular complexity index is 182. The molecular weight excluding hydrogens is 205 g/mol. The van der Waals surface area contributed by atoms with Crippen LogP contribution in [0.4, 0.5) is 13.2 Å². The molecule has 2 N–H and O–H groups in total. The molecule has 0 bridgehead atoms. The molecule has 0 aromatic rings. The molecule has 1 unspecified atom stereocenters. The second-order valence-corrected chi connectivity index (χ2v) is 4.24. The molecule has 90 valence electrons. The summed E-state index contributed by atoms with van der Waals surface area (Å²) in [6, 6.07) is 0. The van der Waals surface area contributed by atoms with E-state index in [0.29, 0.717) is 12.5 Å². The maximum atomic E-state index is 12.0. The summed E-state index contributed by atoms with van der Waals surface area (Å²) < 4.78 is 36.0. The topological polar surface area (TPSA) is 29.3 Å². The van der Waals surface area contributed by atoms with Gasteiger partial charge in [-0.25, -0.2) is 0 Å². The van der Waals surface area contributed by atoms with Gasteiger partial charge in [-0.3, -0.25) is 0 Å². The zero-order valence-electron chi connectivity index (χ0n) is 8.89. The monoisotopic (exact) mass is 224 g/mol. The summed E-state index contributed by atoms with van der Waals surface area (Å²) in [5, 5.41) is 0. The highest BCUT2D eigenvalue weighted by molar-refractivity contribution is 4.71. The quantitative estimate of drug-likeness (QED) is 0.794. The summed E-state index contributed by atoms with van der Waals surface area (Å²) in [6.07, 6.45) is -1.76. The first kappa shape index (κ1) is 12.8. The van der Waals surface area contributed by atoms with E-state index in [1.165, 1.54) is 0 Å². The van der Waals surface area contributed by atoms with E-state index < -0.39 is 12.6 Å². The molecule has 0 amide bonds. The maximum Gasteiger partial charge on any atom is 0.390 e. The first-order chi connectivity index (χ1) is 7.01. The molecule has 1 heterocycles. The Hall–Kier alpha value is -0.290. The van der Waals surface area contributed by atoms with Crippen LogP contribution in [0.5, 0.6) is 0 Å². The lowest BCUT2D eigenvalue weighted by molar-refractivity contribution is -0.137. The van der Waals surface area contributed by atoms with Crippen LogP contribution in [0, 0.1) is 5.92 Å². The molecule has 1 fully saturated rings. The Balaban J connectivity index is 2.25. The van der Waals surface area contributed by atoms with Crippen molar-refractivity contribution < 1.29 is 13.2 Å². The Morgan fingerprint density at radius 1 is 1.20 bits per heavy atom. The fraction of sp³-hybridized carbons (Fsp3) is 1.00. The molecule has 2 nitrogen and oxygen atoms in total. The summed E-state index contributed by atoms with van der Waals surface area (Å²) in [7, 11) is 0. The van der Waals surface area contributed by atoms with Gasteiger partial charge in [0, 0.05) is 6.54 Å². The van der Waals surface area contributed by atoms with Gasteiger partial charge in [-0.1, -0.05) is 0 Å². The standard InChI is InChI=1S/C10H19F3N2/c11-10(12,13)4-7-15-5-1-2-9(8-14)3-6-15/h9H,1-8,14H2. The van der Waals surface area contributed by atoms with Crippen molar-refractivity contribution in [1.82, 2.24) is 4.90 Å². The third-order valence-electron chi connectivity index (χ3n) is 2.99. The highest BCUT2D eigenvalue weighted by Crippen LogP contribution is 2.22. The van der Waals surface area contributed by atoms with E-state index >= 15 is 0 Å². The zero-order chi connectivity index (χ0) is 11.3. The van der Waals surface area contributed by atoms with Gasteiger partial charge in [-0.2, -0.15) is 13.2 Å². The second-order valence-electron chi connectivity index (χ2n) is 4.24. The normalized spacial score (nSPS) is 25.2. The van der Waals surface area contributed by atoms with Gasteiger partial charge in [0.15, 0.2) is 0 Å². The van der Waals surface area contributed by atoms with Crippen molar-refractivity contribution >= 4 is 0 Å². The van der Waals surface area contributed by atoms with E-state index in [2.05, 4.69) is 0 Å². The number of nitrogens with two attached hydrogens (primary N) is 1. The minimum absolute atomic E-state index is 0.140. The van der Waals surface area contributed by atoms with Gasteiger partial charge < -0.3 is 10.6 Å². The molecule has 0 aliphatic carbocycles. The summed E-state index contributed by atoms with van der Waals surface area (Å²) in [5.41, 5.74) is 5.56. The van der Waals surface area contributed by atoms with E-state index in [1.807, 2.05) is 4.90 Å². The van der Waals surface area contributed by atoms with Crippen LogP contribution in [0.1, 0.15) is 25.7 Å². The van der Waals surface area contributed by atoms with E-state index in [9.17, 15) is 13.2 Å². The zero-order valence-corrected chi connectivity index (χ0v) is 8.89. The van der Waals surface area contributed by atoms with Gasteiger partial charge >= 0.3 is 6.18 Å². The molecule has 0 aromatic heterocycles. The molecule has 1 aliphatic rings. The van der Waals surface area contributed by atoms with Crippen molar-refractivity contribution in [2.75, 3.05) is 26.2 Å². The minimum Gasteiger partial charge on any atom is -0.330 e. The molecule has 0 aromatic carbocycles. The Kier molecular flexibility index (Phi) is 4.86. The molecular formula is C10H19F3N2. The maximum absolute atomic E-state index is 12.0. The van der Waals surface area contributed by atoms with Crippen LogP contribution in [0.15, 0.2) is 0 Å². The van der Waals surface area contributed by atoms with Gasteiger partial charge in [0.2, 0.25) is 0 Å².